The third-order valence-electron chi connectivity index (χ3n) is 4.82. The van der Waals surface area contributed by atoms with Gasteiger partial charge < -0.3 is 9.40 Å². The Hall–Kier alpha value is -3.57. The number of halogens is 1. The van der Waals surface area contributed by atoms with Crippen LogP contribution in [0.3, 0.4) is 0 Å². The largest absolute Gasteiger partial charge is 0.469 e. The van der Waals surface area contributed by atoms with Gasteiger partial charge in [0.25, 0.3) is 5.56 Å². The maximum absolute atomic E-state index is 13.1. The summed E-state index contributed by atoms with van der Waals surface area (Å²) in [6.45, 7) is 0. The molecule has 142 valence electrons. The van der Waals surface area contributed by atoms with E-state index in [1.165, 1.54) is 0 Å². The second-order valence-corrected chi connectivity index (χ2v) is 7.17. The Morgan fingerprint density at radius 3 is 2.48 bits per heavy atom. The van der Waals surface area contributed by atoms with Crippen molar-refractivity contribution >= 4 is 11.6 Å². The van der Waals surface area contributed by atoms with Crippen molar-refractivity contribution in [3.05, 3.63) is 106 Å². The van der Waals surface area contributed by atoms with E-state index in [4.69, 9.17) is 16.0 Å². The van der Waals surface area contributed by atoms with E-state index in [-0.39, 0.29) is 5.56 Å². The van der Waals surface area contributed by atoms with Gasteiger partial charge in [-0.05, 0) is 29.8 Å². The SMILES string of the molecule is O=c1c(Cc2ccco2)nc2c(-c3ccc(Cl)cc3)[nH]c(-c3ccccc3)cn1-2. The third kappa shape index (κ3) is 3.26. The van der Waals surface area contributed by atoms with Gasteiger partial charge in [-0.15, -0.1) is 0 Å². The maximum Gasteiger partial charge on any atom is 0.278 e. The Labute approximate surface area is 171 Å². The van der Waals surface area contributed by atoms with Crippen molar-refractivity contribution in [2.45, 2.75) is 6.42 Å². The minimum Gasteiger partial charge on any atom is -0.469 e. The molecule has 0 saturated carbocycles. The van der Waals surface area contributed by atoms with E-state index in [0.717, 1.165) is 22.5 Å². The number of hydrogen-bond donors (Lipinski definition) is 1. The van der Waals surface area contributed by atoms with Crippen LogP contribution in [-0.4, -0.2) is 14.5 Å². The summed E-state index contributed by atoms with van der Waals surface area (Å²) in [4.78, 5) is 21.2. The molecule has 2 aliphatic heterocycles. The molecule has 0 fully saturated rings. The molecule has 5 nitrogen and oxygen atoms in total. The molecule has 3 aromatic rings. The standard InChI is InChI=1S/C23H16ClN3O2/c24-17-10-8-16(9-11-17)21-22-26-19(13-18-7-4-12-29-18)23(28)27(22)14-20(25-21)15-5-2-1-3-6-15/h1-12,14,25H,13H2. The Balaban J connectivity index is 1.74. The highest BCUT2D eigenvalue weighted by Crippen LogP contribution is 2.29. The van der Waals surface area contributed by atoms with E-state index in [1.807, 2.05) is 60.7 Å². The van der Waals surface area contributed by atoms with Gasteiger partial charge in [0.2, 0.25) is 0 Å². The number of nitrogens with one attached hydrogen (secondary N) is 1. The van der Waals surface area contributed by atoms with Gasteiger partial charge in [0.1, 0.15) is 11.5 Å². The number of aromatic amines is 1. The van der Waals surface area contributed by atoms with Crippen molar-refractivity contribution in [2.75, 3.05) is 0 Å². The Morgan fingerprint density at radius 2 is 1.76 bits per heavy atom. The summed E-state index contributed by atoms with van der Waals surface area (Å²) >= 11 is 6.06. The molecular weight excluding hydrogens is 386 g/mol. The molecule has 6 heteroatoms. The van der Waals surface area contributed by atoms with E-state index < -0.39 is 0 Å². The van der Waals surface area contributed by atoms with Gasteiger partial charge >= 0.3 is 0 Å². The van der Waals surface area contributed by atoms with Crippen LogP contribution in [0.15, 0.2) is 88.4 Å². The molecule has 5 rings (SSSR count). The molecule has 2 aliphatic rings. The lowest BCUT2D eigenvalue weighted by atomic mass is 10.1. The number of rotatable bonds is 4. The van der Waals surface area contributed by atoms with Crippen LogP contribution >= 0.6 is 11.6 Å². The monoisotopic (exact) mass is 401 g/mol. The second kappa shape index (κ2) is 7.11. The minimum absolute atomic E-state index is 0.155. The van der Waals surface area contributed by atoms with Crippen LogP contribution in [0.2, 0.25) is 5.02 Å². The molecule has 0 radical (unpaired) electrons. The second-order valence-electron chi connectivity index (χ2n) is 6.73. The van der Waals surface area contributed by atoms with Crippen LogP contribution in [-0.2, 0) is 6.42 Å². The van der Waals surface area contributed by atoms with Crippen molar-refractivity contribution in [3.63, 3.8) is 0 Å². The molecule has 1 aromatic heterocycles. The van der Waals surface area contributed by atoms with Crippen molar-refractivity contribution in [3.8, 4) is 28.3 Å². The number of H-pyrrole nitrogens is 1. The summed E-state index contributed by atoms with van der Waals surface area (Å²) in [7, 11) is 0. The number of fused-ring (bicyclic) bond motifs is 1. The molecule has 0 spiro atoms. The highest BCUT2D eigenvalue weighted by Gasteiger charge is 2.21. The van der Waals surface area contributed by atoms with E-state index in [1.54, 1.807) is 23.1 Å². The van der Waals surface area contributed by atoms with Crippen LogP contribution in [0, 0.1) is 0 Å². The fraction of sp³-hybridized carbons (Fsp3) is 0.0435. The fourth-order valence-electron chi connectivity index (χ4n) is 3.39. The normalized spacial score (nSPS) is 11.2. The smallest absolute Gasteiger partial charge is 0.278 e. The Morgan fingerprint density at radius 1 is 0.966 bits per heavy atom. The van der Waals surface area contributed by atoms with Gasteiger partial charge in [0, 0.05) is 16.8 Å². The number of nitrogens with zero attached hydrogens (tertiary/aromatic N) is 2. The van der Waals surface area contributed by atoms with E-state index in [2.05, 4.69) is 9.97 Å². The lowest BCUT2D eigenvalue weighted by Crippen LogP contribution is -2.16. The van der Waals surface area contributed by atoms with E-state index in [9.17, 15) is 4.79 Å². The minimum atomic E-state index is -0.155. The lowest BCUT2D eigenvalue weighted by Gasteiger charge is -2.13. The molecule has 1 N–H and O–H groups in total. The topological polar surface area (TPSA) is 63.8 Å². The molecule has 0 aliphatic carbocycles. The zero-order chi connectivity index (χ0) is 19.8. The summed E-state index contributed by atoms with van der Waals surface area (Å²) in [6, 6.07) is 21.0. The van der Waals surface area contributed by atoms with Crippen molar-refractivity contribution in [1.29, 1.82) is 0 Å². The number of imidazole rings is 1. The number of hydrogen-bond acceptors (Lipinski definition) is 3. The molecule has 2 aromatic carbocycles. The molecule has 3 heterocycles. The Kier molecular flexibility index (Phi) is 4.30. The third-order valence-corrected chi connectivity index (χ3v) is 5.07. The average Bonchev–Trinajstić information content (AvgIpc) is 3.37. The predicted molar refractivity (Wildman–Crippen MR) is 113 cm³/mol. The summed E-state index contributed by atoms with van der Waals surface area (Å²) in [5, 5.41) is 0.648. The summed E-state index contributed by atoms with van der Waals surface area (Å²) in [6.07, 6.45) is 3.73. The summed E-state index contributed by atoms with van der Waals surface area (Å²) in [5.41, 5.74) is 3.73. The first-order valence-corrected chi connectivity index (χ1v) is 9.55. The van der Waals surface area contributed by atoms with Gasteiger partial charge in [-0.2, -0.15) is 0 Å². The summed E-state index contributed by atoms with van der Waals surface area (Å²) < 4.78 is 7.00. The molecule has 0 saturated heterocycles. The molecular formula is C23H16ClN3O2. The van der Waals surface area contributed by atoms with Crippen molar-refractivity contribution < 1.29 is 4.42 Å². The number of aromatic nitrogens is 3. The maximum atomic E-state index is 13.1. The highest BCUT2D eigenvalue weighted by atomic mass is 35.5. The van der Waals surface area contributed by atoms with Crippen LogP contribution < -0.4 is 5.56 Å². The van der Waals surface area contributed by atoms with Gasteiger partial charge in [0.15, 0.2) is 5.82 Å². The number of furan rings is 1. The molecule has 0 bridgehead atoms. The first-order chi connectivity index (χ1) is 14.2. The summed E-state index contributed by atoms with van der Waals surface area (Å²) in [5.74, 6) is 1.27. The first-order valence-electron chi connectivity index (χ1n) is 9.17. The van der Waals surface area contributed by atoms with Crippen LogP contribution in [0.4, 0.5) is 0 Å². The Bertz CT molecular complexity index is 1290. The van der Waals surface area contributed by atoms with Gasteiger partial charge in [-0.3, -0.25) is 9.36 Å². The molecule has 0 unspecified atom stereocenters. The molecule has 29 heavy (non-hydrogen) atoms. The van der Waals surface area contributed by atoms with Crippen molar-refractivity contribution in [1.82, 2.24) is 14.5 Å². The zero-order valence-corrected chi connectivity index (χ0v) is 16.1. The van der Waals surface area contributed by atoms with Crippen LogP contribution in [0.1, 0.15) is 11.5 Å². The number of benzene rings is 2. The van der Waals surface area contributed by atoms with Gasteiger partial charge in [-0.25, -0.2) is 4.98 Å². The van der Waals surface area contributed by atoms with Crippen LogP contribution in [0.25, 0.3) is 28.3 Å². The van der Waals surface area contributed by atoms with Crippen LogP contribution in [0.5, 0.6) is 0 Å². The molecule has 0 amide bonds. The first kappa shape index (κ1) is 17.5. The average molecular weight is 402 g/mol. The highest BCUT2D eigenvalue weighted by molar-refractivity contribution is 6.30. The molecule has 0 atom stereocenters. The lowest BCUT2D eigenvalue weighted by molar-refractivity contribution is 0.519. The fourth-order valence-corrected chi connectivity index (χ4v) is 3.51. The predicted octanol–water partition coefficient (Wildman–Crippen LogP) is 5.17. The van der Waals surface area contributed by atoms with E-state index >= 15 is 0 Å². The van der Waals surface area contributed by atoms with Gasteiger partial charge in [-0.1, -0.05) is 54.1 Å². The van der Waals surface area contributed by atoms with Gasteiger partial charge in [0.05, 0.1) is 24.1 Å². The van der Waals surface area contributed by atoms with Crippen molar-refractivity contribution in [2.24, 2.45) is 0 Å². The van der Waals surface area contributed by atoms with E-state index in [0.29, 0.717) is 28.7 Å². The quantitative estimate of drug-likeness (QED) is 0.452. The zero-order valence-electron chi connectivity index (χ0n) is 15.3.